The minimum atomic E-state index is -0.313. The maximum absolute atomic E-state index is 11.8. The first-order valence-corrected chi connectivity index (χ1v) is 5.51. The van der Waals surface area contributed by atoms with Crippen LogP contribution in [-0.2, 0) is 6.54 Å². The third-order valence-electron chi connectivity index (χ3n) is 2.46. The molecule has 4 nitrogen and oxygen atoms in total. The number of nitrogens with zero attached hydrogens (tertiary/aromatic N) is 2. The molecule has 1 aromatic heterocycles. The Morgan fingerprint density at radius 2 is 2.24 bits per heavy atom. The molecule has 2 rings (SSSR count). The number of rotatable bonds is 2. The highest BCUT2D eigenvalue weighted by atomic mass is 35.5. The Balaban J connectivity index is 2.37. The van der Waals surface area contributed by atoms with E-state index in [0.29, 0.717) is 6.54 Å². The Morgan fingerprint density at radius 1 is 1.47 bits per heavy atom. The zero-order valence-electron chi connectivity index (χ0n) is 9.35. The first-order valence-electron chi connectivity index (χ1n) is 5.14. The summed E-state index contributed by atoms with van der Waals surface area (Å²) in [7, 11) is 0. The average Bonchev–Trinajstić information content (AvgIpc) is 2.30. The summed E-state index contributed by atoms with van der Waals surface area (Å²) in [5.74, 6) is 0. The standard InChI is InChI=1S/C12H12ClN3O/c1-8-3-2-4-9(5-8)6-16-7-15-11(13)10(14)12(16)17/h2-5,7H,6,14H2,1H3. The van der Waals surface area contributed by atoms with Crippen LogP contribution in [0.25, 0.3) is 0 Å². The van der Waals surface area contributed by atoms with Crippen LogP contribution < -0.4 is 11.3 Å². The van der Waals surface area contributed by atoms with E-state index in [2.05, 4.69) is 4.98 Å². The van der Waals surface area contributed by atoms with Gasteiger partial charge in [-0.3, -0.25) is 9.36 Å². The lowest BCUT2D eigenvalue weighted by Gasteiger charge is -2.07. The molecule has 0 aliphatic heterocycles. The van der Waals surface area contributed by atoms with Crippen LogP contribution in [0.1, 0.15) is 11.1 Å². The van der Waals surface area contributed by atoms with Crippen LogP contribution in [0.5, 0.6) is 0 Å². The van der Waals surface area contributed by atoms with E-state index in [9.17, 15) is 4.79 Å². The second kappa shape index (κ2) is 4.59. The van der Waals surface area contributed by atoms with Crippen molar-refractivity contribution in [3.8, 4) is 0 Å². The molecular weight excluding hydrogens is 238 g/mol. The Kier molecular flexibility index (Phi) is 3.15. The van der Waals surface area contributed by atoms with Crippen molar-refractivity contribution in [2.45, 2.75) is 13.5 Å². The van der Waals surface area contributed by atoms with Crippen molar-refractivity contribution < 1.29 is 0 Å². The smallest absolute Gasteiger partial charge is 0.278 e. The van der Waals surface area contributed by atoms with Crippen LogP contribution in [0.4, 0.5) is 5.69 Å². The second-order valence-electron chi connectivity index (χ2n) is 3.87. The van der Waals surface area contributed by atoms with E-state index < -0.39 is 0 Å². The Morgan fingerprint density at radius 3 is 2.94 bits per heavy atom. The van der Waals surface area contributed by atoms with E-state index in [1.165, 1.54) is 10.9 Å². The summed E-state index contributed by atoms with van der Waals surface area (Å²) in [6.07, 6.45) is 1.41. The molecule has 0 saturated carbocycles. The maximum Gasteiger partial charge on any atom is 0.278 e. The minimum absolute atomic E-state index is 0.0122. The van der Waals surface area contributed by atoms with Crippen molar-refractivity contribution in [3.63, 3.8) is 0 Å². The SMILES string of the molecule is Cc1cccc(Cn2cnc(Cl)c(N)c2=O)c1. The van der Waals surface area contributed by atoms with Crippen LogP contribution in [-0.4, -0.2) is 9.55 Å². The number of aromatic nitrogens is 2. The summed E-state index contributed by atoms with van der Waals surface area (Å²) in [5, 5.41) is 0.0514. The number of hydrogen-bond acceptors (Lipinski definition) is 3. The van der Waals surface area contributed by atoms with Crippen LogP contribution in [0.15, 0.2) is 35.4 Å². The lowest BCUT2D eigenvalue weighted by molar-refractivity contribution is 0.739. The molecule has 1 heterocycles. The second-order valence-corrected chi connectivity index (χ2v) is 4.23. The van der Waals surface area contributed by atoms with E-state index in [1.54, 1.807) is 0 Å². The molecule has 0 spiro atoms. The summed E-state index contributed by atoms with van der Waals surface area (Å²) in [6, 6.07) is 7.91. The van der Waals surface area contributed by atoms with E-state index in [0.717, 1.165) is 11.1 Å². The molecule has 0 saturated heterocycles. The molecule has 0 atom stereocenters. The molecule has 2 aromatic rings. The monoisotopic (exact) mass is 249 g/mol. The zero-order valence-corrected chi connectivity index (χ0v) is 10.1. The first-order chi connectivity index (χ1) is 8.08. The molecule has 0 amide bonds. The number of anilines is 1. The molecule has 0 bridgehead atoms. The van der Waals surface area contributed by atoms with Crippen molar-refractivity contribution in [2.75, 3.05) is 5.73 Å². The highest BCUT2D eigenvalue weighted by molar-refractivity contribution is 6.31. The van der Waals surface area contributed by atoms with Crippen molar-refractivity contribution in [2.24, 2.45) is 0 Å². The molecule has 5 heteroatoms. The van der Waals surface area contributed by atoms with E-state index in [4.69, 9.17) is 17.3 Å². The van der Waals surface area contributed by atoms with Gasteiger partial charge in [0.25, 0.3) is 5.56 Å². The molecule has 0 radical (unpaired) electrons. The van der Waals surface area contributed by atoms with Gasteiger partial charge in [0, 0.05) is 0 Å². The molecule has 0 unspecified atom stereocenters. The van der Waals surface area contributed by atoms with Crippen molar-refractivity contribution >= 4 is 17.3 Å². The summed E-state index contributed by atoms with van der Waals surface area (Å²) in [6.45, 7) is 2.44. The van der Waals surface area contributed by atoms with Gasteiger partial charge in [-0.05, 0) is 12.5 Å². The van der Waals surface area contributed by atoms with Gasteiger partial charge in [0.05, 0.1) is 12.9 Å². The average molecular weight is 250 g/mol. The van der Waals surface area contributed by atoms with E-state index in [1.807, 2.05) is 31.2 Å². The Labute approximate surface area is 104 Å². The molecule has 17 heavy (non-hydrogen) atoms. The number of halogens is 1. The van der Waals surface area contributed by atoms with Gasteiger partial charge in [0.1, 0.15) is 5.69 Å². The van der Waals surface area contributed by atoms with Gasteiger partial charge in [-0.2, -0.15) is 0 Å². The number of aryl methyl sites for hydroxylation is 1. The summed E-state index contributed by atoms with van der Waals surface area (Å²) in [4.78, 5) is 15.7. The molecular formula is C12H12ClN3O. The molecule has 0 aliphatic carbocycles. The van der Waals surface area contributed by atoms with Gasteiger partial charge in [0.15, 0.2) is 5.15 Å². The van der Waals surface area contributed by atoms with Crippen LogP contribution in [0, 0.1) is 6.92 Å². The van der Waals surface area contributed by atoms with Gasteiger partial charge in [-0.15, -0.1) is 0 Å². The van der Waals surface area contributed by atoms with Gasteiger partial charge < -0.3 is 5.73 Å². The van der Waals surface area contributed by atoms with Gasteiger partial charge in [0.2, 0.25) is 0 Å². The fourth-order valence-electron chi connectivity index (χ4n) is 1.61. The fourth-order valence-corrected chi connectivity index (χ4v) is 1.73. The fraction of sp³-hybridized carbons (Fsp3) is 0.167. The lowest BCUT2D eigenvalue weighted by Crippen LogP contribution is -2.24. The number of nitrogen functional groups attached to an aromatic ring is 1. The topological polar surface area (TPSA) is 60.9 Å². The van der Waals surface area contributed by atoms with Crippen molar-refractivity contribution in [3.05, 3.63) is 57.2 Å². The van der Waals surface area contributed by atoms with Gasteiger partial charge in [-0.1, -0.05) is 41.4 Å². The van der Waals surface area contributed by atoms with Crippen LogP contribution >= 0.6 is 11.6 Å². The van der Waals surface area contributed by atoms with Crippen molar-refractivity contribution in [1.29, 1.82) is 0 Å². The number of hydrogen-bond donors (Lipinski definition) is 1. The summed E-state index contributed by atoms with van der Waals surface area (Å²) >= 11 is 5.66. The molecule has 88 valence electrons. The largest absolute Gasteiger partial charge is 0.392 e. The van der Waals surface area contributed by atoms with Crippen molar-refractivity contribution in [1.82, 2.24) is 9.55 Å². The predicted octanol–water partition coefficient (Wildman–Crippen LogP) is 1.84. The van der Waals surface area contributed by atoms with Crippen LogP contribution in [0.2, 0.25) is 5.15 Å². The van der Waals surface area contributed by atoms with Crippen LogP contribution in [0.3, 0.4) is 0 Å². The molecule has 2 N–H and O–H groups in total. The molecule has 0 aliphatic rings. The zero-order chi connectivity index (χ0) is 12.4. The van der Waals surface area contributed by atoms with Gasteiger partial charge >= 0.3 is 0 Å². The quantitative estimate of drug-likeness (QED) is 0.826. The summed E-state index contributed by atoms with van der Waals surface area (Å²) in [5.41, 5.74) is 7.38. The molecule has 0 fully saturated rings. The minimum Gasteiger partial charge on any atom is -0.392 e. The normalized spacial score (nSPS) is 10.5. The number of nitrogens with two attached hydrogens (primary N) is 1. The highest BCUT2D eigenvalue weighted by Crippen LogP contribution is 2.10. The first kappa shape index (κ1) is 11.7. The predicted molar refractivity (Wildman–Crippen MR) is 68.2 cm³/mol. The summed E-state index contributed by atoms with van der Waals surface area (Å²) < 4.78 is 1.44. The third kappa shape index (κ3) is 2.47. The van der Waals surface area contributed by atoms with E-state index in [-0.39, 0.29) is 16.4 Å². The highest BCUT2D eigenvalue weighted by Gasteiger charge is 2.06. The lowest BCUT2D eigenvalue weighted by atomic mass is 10.1. The Bertz CT molecular complexity index is 607. The Hall–Kier alpha value is -1.81. The van der Waals surface area contributed by atoms with Gasteiger partial charge in [-0.25, -0.2) is 4.98 Å². The van der Waals surface area contributed by atoms with E-state index >= 15 is 0 Å². The number of benzene rings is 1. The maximum atomic E-state index is 11.8. The molecule has 1 aromatic carbocycles. The third-order valence-corrected chi connectivity index (χ3v) is 2.76.